The fraction of sp³-hybridized carbons (Fsp3) is 0.300. The average Bonchev–Trinajstić information content (AvgIpc) is 2.49. The molecule has 2 aromatic carbocycles. The first-order valence-electron chi connectivity index (χ1n) is 7.63. The monoisotopic (exact) mass is 292 g/mol. The van der Waals surface area contributed by atoms with E-state index in [2.05, 4.69) is 99.8 Å². The summed E-state index contributed by atoms with van der Waals surface area (Å²) < 4.78 is 0. The molecule has 0 aliphatic rings. The van der Waals surface area contributed by atoms with Gasteiger partial charge in [0.15, 0.2) is 0 Å². The van der Waals surface area contributed by atoms with Crippen LogP contribution in [0.5, 0.6) is 0 Å². The lowest BCUT2D eigenvalue weighted by Crippen LogP contribution is -2.63. The summed E-state index contributed by atoms with van der Waals surface area (Å²) >= 11 is 0. The first-order valence-corrected chi connectivity index (χ1v) is 9.63. The fourth-order valence-corrected chi connectivity index (χ4v) is 7.52. The van der Waals surface area contributed by atoms with Gasteiger partial charge >= 0.3 is 0 Å². The lowest BCUT2D eigenvalue weighted by Gasteiger charge is -2.39. The third-order valence-electron chi connectivity index (χ3n) is 3.99. The van der Waals surface area contributed by atoms with Crippen molar-refractivity contribution < 1.29 is 0 Å². The number of hydrogen-bond acceptors (Lipinski definition) is 0. The second-order valence-corrected chi connectivity index (χ2v) is 10.8. The Labute approximate surface area is 130 Å². The van der Waals surface area contributed by atoms with Gasteiger partial charge in [-0.3, -0.25) is 0 Å². The molecule has 0 nitrogen and oxygen atoms in total. The minimum atomic E-state index is -2.13. The molecule has 0 fully saturated rings. The van der Waals surface area contributed by atoms with Crippen molar-refractivity contribution in [3.63, 3.8) is 0 Å². The van der Waals surface area contributed by atoms with E-state index < -0.39 is 8.07 Å². The van der Waals surface area contributed by atoms with Gasteiger partial charge in [0.2, 0.25) is 8.07 Å². The van der Waals surface area contributed by atoms with Gasteiger partial charge in [0.1, 0.15) is 0 Å². The van der Waals surface area contributed by atoms with Gasteiger partial charge in [0.25, 0.3) is 0 Å². The third-order valence-corrected chi connectivity index (χ3v) is 9.19. The Morgan fingerprint density at radius 3 is 1.57 bits per heavy atom. The molecule has 0 spiro atoms. The second kappa shape index (κ2) is 6.33. The Balaban J connectivity index is 2.79. The highest BCUT2D eigenvalue weighted by Gasteiger charge is 2.46. The van der Waals surface area contributed by atoms with Crippen LogP contribution in [0.1, 0.15) is 34.1 Å². The molecule has 1 heteroatoms. The molecule has 0 aromatic heterocycles. The normalized spacial score (nSPS) is 11.6. The van der Waals surface area contributed by atoms with Crippen LogP contribution in [0.15, 0.2) is 60.7 Å². The van der Waals surface area contributed by atoms with E-state index in [4.69, 9.17) is 0 Å². The van der Waals surface area contributed by atoms with Crippen molar-refractivity contribution in [3.8, 4) is 11.5 Å². The molecule has 0 saturated heterocycles. The fourth-order valence-electron chi connectivity index (χ4n) is 2.96. The summed E-state index contributed by atoms with van der Waals surface area (Å²) in [5.41, 5.74) is 3.74. The zero-order valence-electron chi connectivity index (χ0n) is 13.5. The van der Waals surface area contributed by atoms with E-state index >= 15 is 0 Å². The quantitative estimate of drug-likeness (QED) is 0.580. The molecule has 0 aliphatic carbocycles. The van der Waals surface area contributed by atoms with Crippen LogP contribution in [0.2, 0.25) is 5.04 Å². The van der Waals surface area contributed by atoms with Gasteiger partial charge in [-0.15, -0.1) is 11.5 Å². The van der Waals surface area contributed by atoms with Crippen LogP contribution >= 0.6 is 0 Å². The van der Waals surface area contributed by atoms with Crippen LogP contribution in [0.3, 0.4) is 0 Å². The van der Waals surface area contributed by atoms with E-state index in [1.54, 1.807) is 0 Å². The van der Waals surface area contributed by atoms with Crippen LogP contribution in [0, 0.1) is 11.5 Å². The molecule has 0 bridgehead atoms. The Kier molecular flexibility index (Phi) is 4.70. The molecule has 21 heavy (non-hydrogen) atoms. The van der Waals surface area contributed by atoms with Crippen LogP contribution < -0.4 is 10.4 Å². The zero-order chi connectivity index (χ0) is 15.3. The molecule has 2 rings (SSSR count). The number of hydrogen-bond donors (Lipinski definition) is 0. The molecule has 0 heterocycles. The summed E-state index contributed by atoms with van der Waals surface area (Å²) in [6.45, 7) is 9.14. The zero-order valence-corrected chi connectivity index (χ0v) is 14.5. The minimum Gasteiger partial charge on any atom is -0.119 e. The van der Waals surface area contributed by atoms with Crippen molar-refractivity contribution in [3.05, 3.63) is 60.7 Å². The van der Waals surface area contributed by atoms with Gasteiger partial charge < -0.3 is 0 Å². The van der Waals surface area contributed by atoms with Crippen molar-refractivity contribution in [1.82, 2.24) is 0 Å². The van der Waals surface area contributed by atoms with Gasteiger partial charge in [0.05, 0.1) is 0 Å². The maximum atomic E-state index is 3.74. The van der Waals surface area contributed by atoms with Crippen LogP contribution in [0.25, 0.3) is 0 Å². The van der Waals surface area contributed by atoms with Crippen LogP contribution in [-0.2, 0) is 0 Å². The highest BCUT2D eigenvalue weighted by molar-refractivity contribution is 7.10. The first-order chi connectivity index (χ1) is 10.0. The van der Waals surface area contributed by atoms with Crippen molar-refractivity contribution in [2.45, 2.75) is 39.2 Å². The molecule has 0 N–H and O–H groups in total. The highest BCUT2D eigenvalue weighted by atomic mass is 28.3. The van der Waals surface area contributed by atoms with Crippen molar-refractivity contribution in [2.75, 3.05) is 0 Å². The maximum absolute atomic E-state index is 3.74. The summed E-state index contributed by atoms with van der Waals surface area (Å²) in [7, 11) is -2.13. The Hall–Kier alpha value is -1.78. The summed E-state index contributed by atoms with van der Waals surface area (Å²) in [6, 6.07) is 21.8. The van der Waals surface area contributed by atoms with Gasteiger partial charge in [-0.1, -0.05) is 88.4 Å². The second-order valence-electron chi connectivity index (χ2n) is 6.39. The third kappa shape index (κ3) is 2.96. The van der Waals surface area contributed by atoms with Crippen molar-refractivity contribution >= 4 is 18.4 Å². The lowest BCUT2D eigenvalue weighted by molar-refractivity contribution is 0.740. The van der Waals surface area contributed by atoms with E-state index in [9.17, 15) is 0 Å². The average molecular weight is 292 g/mol. The predicted molar refractivity (Wildman–Crippen MR) is 95.7 cm³/mol. The smallest absolute Gasteiger partial charge is 0.119 e. The highest BCUT2D eigenvalue weighted by Crippen LogP contribution is 2.35. The SMILES string of the molecule is CCC#C[Si](c1ccccc1)(c1ccccc1)C(C)(C)C. The molecule has 0 aliphatic heterocycles. The summed E-state index contributed by atoms with van der Waals surface area (Å²) in [5, 5.41) is 2.95. The van der Waals surface area contributed by atoms with E-state index in [0.717, 1.165) is 6.42 Å². The molecule has 0 atom stereocenters. The van der Waals surface area contributed by atoms with E-state index in [0.29, 0.717) is 0 Å². The summed E-state index contributed by atoms with van der Waals surface area (Å²) in [5.74, 6) is 3.40. The van der Waals surface area contributed by atoms with E-state index in [1.165, 1.54) is 10.4 Å². The Bertz CT molecular complexity index is 585. The lowest BCUT2D eigenvalue weighted by atomic mass is 10.2. The first kappa shape index (κ1) is 15.6. The summed E-state index contributed by atoms with van der Waals surface area (Å²) in [4.78, 5) is 0. The maximum Gasteiger partial charge on any atom is 0.204 e. The molecule has 0 unspecified atom stereocenters. The molecule has 0 radical (unpaired) electrons. The molecule has 0 saturated carbocycles. The van der Waals surface area contributed by atoms with Crippen molar-refractivity contribution in [1.29, 1.82) is 0 Å². The standard InChI is InChI=1S/C20H24Si/c1-5-6-17-21(20(2,3)4,18-13-9-7-10-14-18)19-15-11-8-12-16-19/h7-16H,5H2,1-4H3. The Morgan fingerprint density at radius 1 is 0.810 bits per heavy atom. The number of benzene rings is 2. The van der Waals surface area contributed by atoms with Gasteiger partial charge in [0, 0.05) is 6.42 Å². The molecular formula is C20H24Si. The van der Waals surface area contributed by atoms with E-state index in [1.807, 2.05) is 0 Å². The van der Waals surface area contributed by atoms with Gasteiger partial charge in [-0.25, -0.2) is 0 Å². The molecule has 2 aromatic rings. The molecule has 108 valence electrons. The van der Waals surface area contributed by atoms with Gasteiger partial charge in [-0.2, -0.15) is 0 Å². The molecule has 0 amide bonds. The topological polar surface area (TPSA) is 0 Å². The van der Waals surface area contributed by atoms with Gasteiger partial charge in [-0.05, 0) is 15.4 Å². The minimum absolute atomic E-state index is 0.137. The van der Waals surface area contributed by atoms with Crippen LogP contribution in [-0.4, -0.2) is 8.07 Å². The molecular weight excluding hydrogens is 268 g/mol. The van der Waals surface area contributed by atoms with E-state index in [-0.39, 0.29) is 5.04 Å². The van der Waals surface area contributed by atoms with Crippen LogP contribution in [0.4, 0.5) is 0 Å². The van der Waals surface area contributed by atoms with Crippen molar-refractivity contribution in [2.24, 2.45) is 0 Å². The summed E-state index contributed by atoms with van der Waals surface area (Å²) in [6.07, 6.45) is 0.907. The largest absolute Gasteiger partial charge is 0.204 e. The number of rotatable bonds is 2. The predicted octanol–water partition coefficient (Wildman–Crippen LogP) is 4.00. The Morgan fingerprint density at radius 2 is 1.24 bits per heavy atom.